The van der Waals surface area contributed by atoms with Gasteiger partial charge in [-0.15, -0.1) is 24.8 Å². The Hall–Kier alpha value is -0.0300. The first kappa shape index (κ1) is 23.1. The van der Waals surface area contributed by atoms with E-state index in [2.05, 4.69) is 26.1 Å². The van der Waals surface area contributed by atoms with E-state index < -0.39 is 0 Å². The molecule has 1 amide bonds. The Morgan fingerprint density at radius 2 is 1.89 bits per heavy atom. The van der Waals surface area contributed by atoms with Crippen LogP contribution in [0.5, 0.6) is 0 Å². The van der Waals surface area contributed by atoms with Gasteiger partial charge in [0.2, 0.25) is 5.91 Å². The summed E-state index contributed by atoms with van der Waals surface area (Å²) in [6.45, 7) is 7.26. The van der Waals surface area contributed by atoms with Crippen molar-refractivity contribution >= 4 is 30.7 Å². The van der Waals surface area contributed by atoms with Crippen LogP contribution in [-0.4, -0.2) is 43.0 Å². The monoisotopic (exact) mass is 301 g/mol. The molecule has 0 saturated heterocycles. The fourth-order valence-corrected chi connectivity index (χ4v) is 1.38. The van der Waals surface area contributed by atoms with Crippen molar-refractivity contribution in [1.29, 1.82) is 0 Å². The normalized spacial score (nSPS) is 11.7. The zero-order valence-electron chi connectivity index (χ0n) is 11.9. The van der Waals surface area contributed by atoms with Gasteiger partial charge in [0.25, 0.3) is 0 Å². The van der Waals surface area contributed by atoms with Crippen molar-refractivity contribution in [3.8, 4) is 0 Å². The fourth-order valence-electron chi connectivity index (χ4n) is 1.38. The summed E-state index contributed by atoms with van der Waals surface area (Å²) in [5.41, 5.74) is 5.62. The summed E-state index contributed by atoms with van der Waals surface area (Å²) in [4.78, 5) is 13.7. The van der Waals surface area contributed by atoms with Crippen LogP contribution in [0, 0.1) is 0 Å². The van der Waals surface area contributed by atoms with Crippen molar-refractivity contribution in [3.05, 3.63) is 0 Å². The first-order valence-electron chi connectivity index (χ1n) is 6.20. The number of nitrogens with two attached hydrogens (primary N) is 1. The molecule has 3 N–H and O–H groups in total. The lowest BCUT2D eigenvalue weighted by Crippen LogP contribution is -2.45. The molecule has 0 aromatic heterocycles. The molecule has 0 aliphatic heterocycles. The van der Waals surface area contributed by atoms with Gasteiger partial charge >= 0.3 is 0 Å². The number of nitrogens with zero attached hydrogens (tertiary/aromatic N) is 1. The minimum atomic E-state index is 0. The molecule has 0 aliphatic rings. The molecule has 0 radical (unpaired) electrons. The van der Waals surface area contributed by atoms with Crippen LogP contribution in [0.3, 0.4) is 0 Å². The van der Waals surface area contributed by atoms with Crippen molar-refractivity contribution < 1.29 is 4.79 Å². The number of rotatable bonds is 8. The summed E-state index contributed by atoms with van der Waals surface area (Å²) in [5, 5.41) is 2.98. The lowest BCUT2D eigenvalue weighted by Gasteiger charge is -2.22. The van der Waals surface area contributed by atoms with Gasteiger partial charge in [-0.25, -0.2) is 0 Å². The molecule has 1 atom stereocenters. The number of hydrogen-bond acceptors (Lipinski definition) is 3. The molecule has 1 unspecified atom stereocenters. The Bertz CT molecular complexity index is 204. The molecule has 6 heteroatoms. The first-order valence-corrected chi connectivity index (χ1v) is 6.20. The topological polar surface area (TPSA) is 58.4 Å². The van der Waals surface area contributed by atoms with Gasteiger partial charge in [-0.1, -0.05) is 19.8 Å². The van der Waals surface area contributed by atoms with Gasteiger partial charge in [0.15, 0.2) is 0 Å². The number of unbranched alkanes of at least 4 members (excludes halogenated alkanes) is 1. The summed E-state index contributed by atoms with van der Waals surface area (Å²) < 4.78 is 0. The van der Waals surface area contributed by atoms with Crippen LogP contribution in [0.15, 0.2) is 0 Å². The highest BCUT2D eigenvalue weighted by atomic mass is 35.5. The third kappa shape index (κ3) is 11.1. The predicted molar refractivity (Wildman–Crippen MR) is 82.8 cm³/mol. The van der Waals surface area contributed by atoms with Crippen LogP contribution in [0.25, 0.3) is 0 Å². The highest BCUT2D eigenvalue weighted by Gasteiger charge is 2.13. The largest absolute Gasteiger partial charge is 0.351 e. The van der Waals surface area contributed by atoms with Gasteiger partial charge in [-0.05, 0) is 27.3 Å². The standard InChI is InChI=1S/C12H27N3O.2ClH/c1-5-6-7-11(8-13)14-12(16)9-15(4)10(2)3;;/h10-11H,5-9,13H2,1-4H3,(H,14,16);2*1H. The van der Waals surface area contributed by atoms with E-state index in [1.807, 2.05) is 11.9 Å². The summed E-state index contributed by atoms with van der Waals surface area (Å²) >= 11 is 0. The van der Waals surface area contributed by atoms with Gasteiger partial charge in [-0.2, -0.15) is 0 Å². The van der Waals surface area contributed by atoms with Crippen LogP contribution in [0.4, 0.5) is 0 Å². The second-order valence-corrected chi connectivity index (χ2v) is 4.65. The average molecular weight is 302 g/mol. The minimum Gasteiger partial charge on any atom is -0.351 e. The number of nitrogens with one attached hydrogen (secondary N) is 1. The number of likely N-dealkylation sites (N-methyl/N-ethyl adjacent to an activating group) is 1. The van der Waals surface area contributed by atoms with Crippen LogP contribution in [0.2, 0.25) is 0 Å². The molecule has 0 aromatic rings. The van der Waals surface area contributed by atoms with E-state index in [0.717, 1.165) is 19.3 Å². The third-order valence-corrected chi connectivity index (χ3v) is 2.83. The van der Waals surface area contributed by atoms with Crippen molar-refractivity contribution in [2.45, 2.75) is 52.1 Å². The van der Waals surface area contributed by atoms with E-state index in [-0.39, 0.29) is 36.8 Å². The zero-order valence-corrected chi connectivity index (χ0v) is 13.6. The Morgan fingerprint density at radius 1 is 1.33 bits per heavy atom. The molecule has 112 valence electrons. The van der Waals surface area contributed by atoms with E-state index >= 15 is 0 Å². The van der Waals surface area contributed by atoms with Gasteiger partial charge in [-0.3, -0.25) is 9.69 Å². The Kier molecular flexibility index (Phi) is 17.2. The second kappa shape index (κ2) is 13.4. The Labute approximate surface area is 124 Å². The lowest BCUT2D eigenvalue weighted by atomic mass is 10.1. The predicted octanol–water partition coefficient (Wildman–Crippen LogP) is 1.80. The summed E-state index contributed by atoms with van der Waals surface area (Å²) in [6, 6.07) is 0.519. The second-order valence-electron chi connectivity index (χ2n) is 4.65. The summed E-state index contributed by atoms with van der Waals surface area (Å²) in [5.74, 6) is 0.0720. The van der Waals surface area contributed by atoms with Crippen molar-refractivity contribution in [3.63, 3.8) is 0 Å². The SMILES string of the molecule is CCCCC(CN)NC(=O)CN(C)C(C)C.Cl.Cl. The van der Waals surface area contributed by atoms with Crippen molar-refractivity contribution in [2.24, 2.45) is 5.73 Å². The molecule has 18 heavy (non-hydrogen) atoms. The molecule has 4 nitrogen and oxygen atoms in total. The van der Waals surface area contributed by atoms with Crippen molar-refractivity contribution in [2.75, 3.05) is 20.1 Å². The maximum Gasteiger partial charge on any atom is 0.234 e. The molecule has 0 heterocycles. The Morgan fingerprint density at radius 3 is 2.28 bits per heavy atom. The first-order chi connectivity index (χ1) is 7.51. The van der Waals surface area contributed by atoms with Gasteiger partial charge < -0.3 is 11.1 Å². The van der Waals surface area contributed by atoms with Gasteiger partial charge in [0.05, 0.1) is 6.54 Å². The average Bonchev–Trinajstić information content (AvgIpc) is 2.23. The van der Waals surface area contributed by atoms with E-state index in [1.54, 1.807) is 0 Å². The molecule has 0 aromatic carbocycles. The third-order valence-electron chi connectivity index (χ3n) is 2.83. The van der Waals surface area contributed by atoms with Crippen LogP contribution in [-0.2, 0) is 4.79 Å². The summed E-state index contributed by atoms with van der Waals surface area (Å²) in [6.07, 6.45) is 3.23. The number of amides is 1. The van der Waals surface area contributed by atoms with Crippen LogP contribution in [0.1, 0.15) is 40.0 Å². The number of carbonyl (C=O) groups excluding carboxylic acids is 1. The number of carbonyl (C=O) groups is 1. The van der Waals surface area contributed by atoms with Crippen molar-refractivity contribution in [1.82, 2.24) is 10.2 Å². The number of halogens is 2. The van der Waals surface area contributed by atoms with E-state index in [9.17, 15) is 4.79 Å². The molecular formula is C12H29Cl2N3O. The fraction of sp³-hybridized carbons (Fsp3) is 0.917. The maximum atomic E-state index is 11.7. The molecule has 0 saturated carbocycles. The molecule has 0 fully saturated rings. The van der Waals surface area contributed by atoms with Gasteiger partial charge in [0, 0.05) is 18.6 Å². The van der Waals surface area contributed by atoms with Crippen LogP contribution < -0.4 is 11.1 Å². The molecule has 0 bridgehead atoms. The highest BCUT2D eigenvalue weighted by Crippen LogP contribution is 1.99. The smallest absolute Gasteiger partial charge is 0.234 e. The zero-order chi connectivity index (χ0) is 12.6. The van der Waals surface area contributed by atoms with Crippen LogP contribution >= 0.6 is 24.8 Å². The van der Waals surface area contributed by atoms with E-state index in [4.69, 9.17) is 5.73 Å². The molecular weight excluding hydrogens is 273 g/mol. The Balaban J connectivity index is -0.00000112. The molecule has 0 aliphatic carbocycles. The summed E-state index contributed by atoms with van der Waals surface area (Å²) in [7, 11) is 1.95. The quantitative estimate of drug-likeness (QED) is 0.719. The minimum absolute atomic E-state index is 0. The van der Waals surface area contributed by atoms with E-state index in [1.165, 1.54) is 0 Å². The molecule has 0 rings (SSSR count). The van der Waals surface area contributed by atoms with E-state index in [0.29, 0.717) is 19.1 Å². The highest BCUT2D eigenvalue weighted by molar-refractivity contribution is 5.85. The van der Waals surface area contributed by atoms with Gasteiger partial charge in [0.1, 0.15) is 0 Å². The molecule has 0 spiro atoms. The maximum absolute atomic E-state index is 11.7. The number of hydrogen-bond donors (Lipinski definition) is 2. The lowest BCUT2D eigenvalue weighted by molar-refractivity contribution is -0.123.